The van der Waals surface area contributed by atoms with Crippen LogP contribution in [0.4, 0.5) is 0 Å². The normalized spacial score (nSPS) is 14.5. The van der Waals surface area contributed by atoms with Crippen LogP contribution >= 0.6 is 7.82 Å². The van der Waals surface area contributed by atoms with Gasteiger partial charge in [-0.3, -0.25) is 9.05 Å². The van der Waals surface area contributed by atoms with Gasteiger partial charge in [-0.1, -0.05) is 160 Å². The average molecular weight is 869 g/mol. The van der Waals surface area contributed by atoms with Crippen LogP contribution in [0.15, 0.2) is 48.6 Å². The molecule has 3 N–H and O–H groups in total. The highest BCUT2D eigenvalue weighted by molar-refractivity contribution is 7.47. The van der Waals surface area contributed by atoms with Crippen molar-refractivity contribution in [3.05, 3.63) is 48.6 Å². The molecule has 0 radical (unpaired) electrons. The van der Waals surface area contributed by atoms with Crippen LogP contribution in [0.2, 0.25) is 0 Å². The smallest absolute Gasteiger partial charge is 0.353 e. The zero-order valence-electron chi connectivity index (χ0n) is 40.9. The van der Waals surface area contributed by atoms with Gasteiger partial charge in [-0.25, -0.2) is 4.57 Å². The zero-order chi connectivity index (χ0) is 44.8. The van der Waals surface area contributed by atoms with E-state index in [-0.39, 0.29) is 25.8 Å². The Kier molecular flexibility index (Phi) is 46.7. The van der Waals surface area contributed by atoms with E-state index < -0.39 is 13.6 Å². The van der Waals surface area contributed by atoms with Gasteiger partial charge in [0.05, 0.1) is 19.8 Å². The highest BCUT2D eigenvalue weighted by Gasteiger charge is 2.30. The molecule has 0 saturated heterocycles. The second kappa shape index (κ2) is 45.9. The maximum absolute atomic E-state index is 12.0. The lowest BCUT2D eigenvalue weighted by atomic mass is 9.97. The van der Waals surface area contributed by atoms with Crippen LogP contribution in [0.25, 0.3) is 0 Å². The lowest BCUT2D eigenvalue weighted by Gasteiger charge is -2.35. The molecule has 0 spiro atoms. The van der Waals surface area contributed by atoms with Gasteiger partial charge in [-0.05, 0) is 103 Å². The van der Waals surface area contributed by atoms with E-state index in [0.29, 0.717) is 19.1 Å². The van der Waals surface area contributed by atoms with Crippen LogP contribution in [-0.2, 0) is 23.1 Å². The molecular formula is C51H101N2O6P. The van der Waals surface area contributed by atoms with Crippen molar-refractivity contribution in [1.82, 2.24) is 4.90 Å². The fourth-order valence-electron chi connectivity index (χ4n) is 7.11. The molecule has 3 atom stereocenters. The molecule has 9 heteroatoms. The zero-order valence-corrected chi connectivity index (χ0v) is 41.8. The second-order valence-electron chi connectivity index (χ2n) is 16.5. The van der Waals surface area contributed by atoms with Gasteiger partial charge < -0.3 is 25.0 Å². The van der Waals surface area contributed by atoms with Crippen molar-refractivity contribution in [3.63, 3.8) is 0 Å². The SMILES string of the molecule is CC.CCCCC/C=C\C/C=C\CCCCCCCCC(CCCCCCCC/C=C\C/C=C\CCCCC)(OC)OCCC(C)C(C)N(C)CCOP(=O)(O)OCCN. The van der Waals surface area contributed by atoms with Crippen LogP contribution < -0.4 is 5.73 Å². The molecule has 0 heterocycles. The van der Waals surface area contributed by atoms with E-state index in [4.69, 9.17) is 24.3 Å². The number of likely N-dealkylation sites (N-methyl/N-ethyl adjacent to an activating group) is 1. The van der Waals surface area contributed by atoms with E-state index >= 15 is 0 Å². The number of hydrogen-bond donors (Lipinski definition) is 2. The van der Waals surface area contributed by atoms with Crippen molar-refractivity contribution < 1.29 is 28.0 Å². The van der Waals surface area contributed by atoms with Crippen molar-refractivity contribution in [2.45, 2.75) is 227 Å². The van der Waals surface area contributed by atoms with Gasteiger partial charge in [-0.2, -0.15) is 0 Å². The van der Waals surface area contributed by atoms with Gasteiger partial charge in [0.1, 0.15) is 0 Å². The van der Waals surface area contributed by atoms with Crippen molar-refractivity contribution in [2.75, 3.05) is 47.1 Å². The third-order valence-corrected chi connectivity index (χ3v) is 12.4. The summed E-state index contributed by atoms with van der Waals surface area (Å²) < 4.78 is 34.9. The molecule has 356 valence electrons. The fourth-order valence-corrected chi connectivity index (χ4v) is 7.84. The van der Waals surface area contributed by atoms with Crippen molar-refractivity contribution in [2.24, 2.45) is 11.7 Å². The summed E-state index contributed by atoms with van der Waals surface area (Å²) in [6, 6.07) is 0.243. The Bertz CT molecular complexity index is 1000. The predicted molar refractivity (Wildman–Crippen MR) is 262 cm³/mol. The third-order valence-electron chi connectivity index (χ3n) is 11.4. The fraction of sp³-hybridized carbons (Fsp3) is 0.843. The Labute approximate surface area is 373 Å². The first kappa shape index (κ1) is 61.0. The maximum atomic E-state index is 12.0. The van der Waals surface area contributed by atoms with Crippen molar-refractivity contribution in [3.8, 4) is 0 Å². The molecule has 8 nitrogen and oxygen atoms in total. The predicted octanol–water partition coefficient (Wildman–Crippen LogP) is 15.2. The highest BCUT2D eigenvalue weighted by Crippen LogP contribution is 2.42. The summed E-state index contributed by atoms with van der Waals surface area (Å²) in [7, 11) is -0.212. The van der Waals surface area contributed by atoms with E-state index in [1.807, 2.05) is 28.0 Å². The summed E-state index contributed by atoms with van der Waals surface area (Å²) in [4.78, 5) is 12.0. The number of allylic oxidation sites excluding steroid dienone is 8. The first-order valence-corrected chi connectivity index (χ1v) is 26.5. The van der Waals surface area contributed by atoms with Crippen LogP contribution in [0.5, 0.6) is 0 Å². The summed E-state index contributed by atoms with van der Waals surface area (Å²) in [6.45, 7) is 14.4. The number of nitrogens with two attached hydrogens (primary N) is 1. The standard InChI is InChI=1S/C49H95N2O6P.C2H6/c1-7-9-11-13-15-17-19-21-23-25-27-29-31-33-35-37-40-49(54-6,41-38-36-34-32-30-28-26-24-22-20-18-16-14-12-10-8-2)55-44-39-47(3)48(4)51(5)43-46-57-58(52,53)56-45-42-50;1-2/h15-18,21-24,47-48H,7-14,19-20,25-46,50H2,1-6H3,(H,52,53);1-2H3/b17-15-,18-16-,23-21-,24-22-;. The first-order chi connectivity index (χ1) is 29.2. The summed E-state index contributed by atoms with van der Waals surface area (Å²) >= 11 is 0. The van der Waals surface area contributed by atoms with Gasteiger partial charge in [0.25, 0.3) is 0 Å². The molecule has 0 fully saturated rings. The molecule has 3 unspecified atom stereocenters. The van der Waals surface area contributed by atoms with Gasteiger partial charge in [0.15, 0.2) is 5.79 Å². The lowest BCUT2D eigenvalue weighted by molar-refractivity contribution is -0.233. The maximum Gasteiger partial charge on any atom is 0.472 e. The minimum Gasteiger partial charge on any atom is -0.353 e. The van der Waals surface area contributed by atoms with E-state index in [2.05, 4.69) is 81.2 Å². The summed E-state index contributed by atoms with van der Waals surface area (Å²) in [5.74, 6) is -0.170. The third kappa shape index (κ3) is 39.7. The van der Waals surface area contributed by atoms with Crippen molar-refractivity contribution >= 4 is 7.82 Å². The van der Waals surface area contributed by atoms with Crippen LogP contribution in [0.1, 0.15) is 215 Å². The van der Waals surface area contributed by atoms with E-state index in [9.17, 15) is 9.46 Å². The average Bonchev–Trinajstić information content (AvgIpc) is 3.25. The molecule has 0 bridgehead atoms. The van der Waals surface area contributed by atoms with Gasteiger partial charge in [-0.15, -0.1) is 0 Å². The number of phosphoric acid groups is 1. The molecule has 0 rings (SSSR count). The molecule has 0 aromatic rings. The molecule has 0 aromatic carbocycles. The number of unbranched alkanes of at least 4 members (excludes halogenated alkanes) is 18. The van der Waals surface area contributed by atoms with Crippen LogP contribution in [0, 0.1) is 5.92 Å². The van der Waals surface area contributed by atoms with Gasteiger partial charge >= 0.3 is 7.82 Å². The molecule has 0 saturated carbocycles. The molecule has 0 aliphatic rings. The molecule has 0 aliphatic heterocycles. The topological polar surface area (TPSA) is 103 Å². The number of methoxy groups -OCH3 is 1. The van der Waals surface area contributed by atoms with Crippen LogP contribution in [0.3, 0.4) is 0 Å². The number of ether oxygens (including phenoxy) is 2. The Balaban J connectivity index is 0. The molecule has 0 amide bonds. The lowest BCUT2D eigenvalue weighted by Crippen LogP contribution is -2.39. The monoisotopic (exact) mass is 869 g/mol. The summed E-state index contributed by atoms with van der Waals surface area (Å²) in [5, 5.41) is 0. The number of rotatable bonds is 44. The Morgan fingerprint density at radius 1 is 0.617 bits per heavy atom. The minimum atomic E-state index is -4.07. The highest BCUT2D eigenvalue weighted by atomic mass is 31.2. The number of phosphoric ester groups is 1. The number of hydrogen-bond acceptors (Lipinski definition) is 7. The van der Waals surface area contributed by atoms with Crippen LogP contribution in [-0.4, -0.2) is 68.7 Å². The molecular weight excluding hydrogens is 768 g/mol. The van der Waals surface area contributed by atoms with E-state index in [0.717, 1.165) is 44.9 Å². The Hall–Kier alpha value is -1.09. The molecule has 60 heavy (non-hydrogen) atoms. The first-order valence-electron chi connectivity index (χ1n) is 25.0. The number of nitrogens with zero attached hydrogens (tertiary/aromatic N) is 1. The Morgan fingerprint density at radius 3 is 1.43 bits per heavy atom. The summed E-state index contributed by atoms with van der Waals surface area (Å²) in [5.41, 5.74) is 5.37. The molecule has 0 aliphatic carbocycles. The Morgan fingerprint density at radius 2 is 1.02 bits per heavy atom. The quantitative estimate of drug-likeness (QED) is 0.0270. The second-order valence-corrected chi connectivity index (χ2v) is 18.0. The largest absolute Gasteiger partial charge is 0.472 e. The minimum absolute atomic E-state index is 0.00806. The van der Waals surface area contributed by atoms with E-state index in [1.165, 1.54) is 128 Å². The van der Waals surface area contributed by atoms with E-state index in [1.54, 1.807) is 0 Å². The van der Waals surface area contributed by atoms with Gasteiger partial charge in [0.2, 0.25) is 0 Å². The summed E-state index contributed by atoms with van der Waals surface area (Å²) in [6.07, 6.45) is 51.3. The molecule has 0 aromatic heterocycles. The van der Waals surface area contributed by atoms with Crippen molar-refractivity contribution in [1.29, 1.82) is 0 Å². The van der Waals surface area contributed by atoms with Gasteiger partial charge in [0, 0.05) is 39.1 Å².